The number of hydrogen-bond acceptors (Lipinski definition) is 5. The van der Waals surface area contributed by atoms with Crippen LogP contribution in [0.4, 0.5) is 0 Å². The molecule has 2 bridgehead atoms. The Morgan fingerprint density at radius 3 is 2.74 bits per heavy atom. The van der Waals surface area contributed by atoms with Crippen molar-refractivity contribution in [3.8, 4) is 0 Å². The number of fused-ring (bicyclic) bond motifs is 1. The number of amides is 1. The van der Waals surface area contributed by atoms with Crippen LogP contribution in [-0.4, -0.2) is 60.4 Å². The average molecular weight is 267 g/mol. The van der Waals surface area contributed by atoms with E-state index >= 15 is 0 Å². The first-order valence-electron chi connectivity index (χ1n) is 6.93. The number of esters is 1. The molecule has 0 unspecified atom stereocenters. The minimum absolute atomic E-state index is 0.00264. The van der Waals surface area contributed by atoms with Gasteiger partial charge in [-0.2, -0.15) is 0 Å². The Morgan fingerprint density at radius 1 is 1.26 bits per heavy atom. The van der Waals surface area contributed by atoms with Crippen LogP contribution in [-0.2, 0) is 19.1 Å². The number of ether oxygens (including phenoxy) is 2. The summed E-state index contributed by atoms with van der Waals surface area (Å²) in [4.78, 5) is 26.3. The van der Waals surface area contributed by atoms with Gasteiger partial charge < -0.3 is 19.5 Å². The van der Waals surface area contributed by atoms with Crippen LogP contribution in [0, 0.1) is 23.7 Å². The van der Waals surface area contributed by atoms with Gasteiger partial charge in [-0.3, -0.25) is 9.59 Å². The van der Waals surface area contributed by atoms with E-state index < -0.39 is 6.10 Å². The summed E-state index contributed by atoms with van der Waals surface area (Å²) in [5, 5.41) is 10.2. The van der Waals surface area contributed by atoms with Gasteiger partial charge in [0.05, 0.1) is 31.2 Å². The van der Waals surface area contributed by atoms with Crippen LogP contribution >= 0.6 is 0 Å². The van der Waals surface area contributed by atoms with Gasteiger partial charge in [0.1, 0.15) is 6.10 Å². The van der Waals surface area contributed by atoms with E-state index in [4.69, 9.17) is 9.47 Å². The molecule has 19 heavy (non-hydrogen) atoms. The fraction of sp³-hybridized carbons (Fsp3) is 0.846. The molecule has 104 valence electrons. The lowest BCUT2D eigenvalue weighted by atomic mass is 9.77. The molecule has 4 aliphatic rings. The molecule has 6 atom stereocenters. The fourth-order valence-corrected chi connectivity index (χ4v) is 4.35. The minimum Gasteiger partial charge on any atom is -0.459 e. The molecule has 0 aromatic carbocycles. The first-order valence-corrected chi connectivity index (χ1v) is 6.93. The molecule has 2 heterocycles. The van der Waals surface area contributed by atoms with Crippen molar-refractivity contribution in [2.24, 2.45) is 23.7 Å². The third-order valence-electron chi connectivity index (χ3n) is 5.18. The van der Waals surface area contributed by atoms with Gasteiger partial charge in [0, 0.05) is 24.9 Å². The van der Waals surface area contributed by atoms with Gasteiger partial charge in [0.15, 0.2) is 0 Å². The molecule has 6 heteroatoms. The summed E-state index contributed by atoms with van der Waals surface area (Å²) in [6.45, 7) is 2.25. The highest BCUT2D eigenvalue weighted by Crippen LogP contribution is 2.58. The second-order valence-corrected chi connectivity index (χ2v) is 5.94. The van der Waals surface area contributed by atoms with Crippen LogP contribution in [0.3, 0.4) is 0 Å². The quantitative estimate of drug-likeness (QED) is 0.618. The van der Waals surface area contributed by atoms with Gasteiger partial charge in [0.25, 0.3) is 0 Å². The van der Waals surface area contributed by atoms with Gasteiger partial charge in [0.2, 0.25) is 5.91 Å². The van der Waals surface area contributed by atoms with Crippen LogP contribution in [0.5, 0.6) is 0 Å². The second-order valence-electron chi connectivity index (χ2n) is 5.94. The zero-order valence-corrected chi connectivity index (χ0v) is 10.5. The molecule has 2 aliphatic heterocycles. The summed E-state index contributed by atoms with van der Waals surface area (Å²) in [6, 6.07) is 0. The van der Waals surface area contributed by atoms with E-state index in [9.17, 15) is 14.7 Å². The molecule has 6 nitrogen and oxygen atoms in total. The highest BCUT2D eigenvalue weighted by molar-refractivity contribution is 5.88. The lowest BCUT2D eigenvalue weighted by Crippen LogP contribution is -2.49. The first kappa shape index (κ1) is 11.7. The van der Waals surface area contributed by atoms with Gasteiger partial charge in [-0.05, 0) is 6.42 Å². The zero-order chi connectivity index (χ0) is 13.1. The van der Waals surface area contributed by atoms with Gasteiger partial charge in [-0.15, -0.1) is 0 Å². The Morgan fingerprint density at radius 2 is 2.00 bits per heavy atom. The van der Waals surface area contributed by atoms with Crippen molar-refractivity contribution < 1.29 is 24.2 Å². The maximum Gasteiger partial charge on any atom is 0.310 e. The molecule has 0 aromatic rings. The summed E-state index contributed by atoms with van der Waals surface area (Å²) < 4.78 is 10.5. The number of carbonyl (C=O) groups is 2. The molecule has 1 N–H and O–H groups in total. The Balaban J connectivity index is 1.61. The maximum atomic E-state index is 12.6. The summed E-state index contributed by atoms with van der Waals surface area (Å²) >= 11 is 0. The number of carbonyl (C=O) groups excluding carboxylic acids is 2. The molecule has 0 spiro atoms. The third-order valence-corrected chi connectivity index (χ3v) is 5.18. The predicted octanol–water partition coefficient (Wildman–Crippen LogP) is -0.986. The lowest BCUT2D eigenvalue weighted by Gasteiger charge is -2.34. The average Bonchev–Trinajstić information content (AvgIpc) is 3.03. The van der Waals surface area contributed by atoms with Crippen LogP contribution in [0.25, 0.3) is 0 Å². The molecule has 4 rings (SSSR count). The van der Waals surface area contributed by atoms with Gasteiger partial charge >= 0.3 is 5.97 Å². The van der Waals surface area contributed by atoms with E-state index in [0.717, 1.165) is 6.42 Å². The predicted molar refractivity (Wildman–Crippen MR) is 61.9 cm³/mol. The largest absolute Gasteiger partial charge is 0.459 e. The molecule has 2 saturated heterocycles. The minimum atomic E-state index is -0.664. The van der Waals surface area contributed by atoms with Crippen molar-refractivity contribution >= 4 is 11.9 Å². The monoisotopic (exact) mass is 267 g/mol. The fourth-order valence-electron chi connectivity index (χ4n) is 4.35. The summed E-state index contributed by atoms with van der Waals surface area (Å²) in [5.41, 5.74) is 0. The number of aliphatic hydroxyl groups excluding tert-OH is 1. The molecule has 1 amide bonds. The van der Waals surface area contributed by atoms with E-state index in [2.05, 4.69) is 0 Å². The highest BCUT2D eigenvalue weighted by atomic mass is 16.6. The number of aliphatic hydroxyl groups is 1. The molecule has 2 saturated carbocycles. The van der Waals surface area contributed by atoms with Gasteiger partial charge in [-0.1, -0.05) is 0 Å². The smallest absolute Gasteiger partial charge is 0.310 e. The Hall–Kier alpha value is -1.14. The number of hydrogen-bond donors (Lipinski definition) is 1. The van der Waals surface area contributed by atoms with Crippen molar-refractivity contribution in [1.82, 2.24) is 4.90 Å². The van der Waals surface area contributed by atoms with Crippen molar-refractivity contribution in [3.63, 3.8) is 0 Å². The molecule has 4 fully saturated rings. The Kier molecular flexibility index (Phi) is 2.41. The number of morpholine rings is 1. The number of rotatable bonds is 1. The molecule has 2 aliphatic carbocycles. The van der Waals surface area contributed by atoms with E-state index in [0.29, 0.717) is 26.3 Å². The van der Waals surface area contributed by atoms with Crippen molar-refractivity contribution in [2.45, 2.75) is 18.6 Å². The standard InChI is InChI=1S/C13H17NO5/c15-10-6-5-7-9(13(17)19-11(7)10)8(6)12(16)14-1-3-18-4-2-14/h6-11,15H,1-5H2/t6-,7-,8-,9+,10+,11-/m0/s1. The maximum absolute atomic E-state index is 12.6. The molecular weight excluding hydrogens is 250 g/mol. The van der Waals surface area contributed by atoms with Crippen molar-refractivity contribution in [2.75, 3.05) is 26.3 Å². The van der Waals surface area contributed by atoms with E-state index in [1.807, 2.05) is 0 Å². The molecule has 0 radical (unpaired) electrons. The van der Waals surface area contributed by atoms with Crippen molar-refractivity contribution in [3.05, 3.63) is 0 Å². The van der Waals surface area contributed by atoms with Gasteiger partial charge in [-0.25, -0.2) is 0 Å². The highest BCUT2D eigenvalue weighted by Gasteiger charge is 2.68. The van der Waals surface area contributed by atoms with Crippen LogP contribution in [0.15, 0.2) is 0 Å². The Bertz CT molecular complexity index is 433. The van der Waals surface area contributed by atoms with Crippen molar-refractivity contribution in [1.29, 1.82) is 0 Å². The lowest BCUT2D eigenvalue weighted by molar-refractivity contribution is -0.149. The van der Waals surface area contributed by atoms with Crippen LogP contribution in [0.2, 0.25) is 0 Å². The second kappa shape index (κ2) is 3.93. The SMILES string of the molecule is O=C1O[C@@H]2[C@H](O)[C@H]3C[C@H]2[C@@H]1[C@H]3C(=O)N1CCOCC1. The summed E-state index contributed by atoms with van der Waals surface area (Å²) in [7, 11) is 0. The van der Waals surface area contributed by atoms with E-state index in [-0.39, 0.29) is 41.7 Å². The molecular formula is C13H17NO5. The summed E-state index contributed by atoms with van der Waals surface area (Å²) in [5.74, 6) is -1.07. The Labute approximate surface area is 110 Å². The summed E-state index contributed by atoms with van der Waals surface area (Å²) in [6.07, 6.45) is -0.290. The zero-order valence-electron chi connectivity index (χ0n) is 10.5. The topological polar surface area (TPSA) is 76.1 Å². The van der Waals surface area contributed by atoms with Crippen LogP contribution in [0.1, 0.15) is 6.42 Å². The normalized spacial score (nSPS) is 47.6. The van der Waals surface area contributed by atoms with Crippen LogP contribution < -0.4 is 0 Å². The first-order chi connectivity index (χ1) is 9.18. The molecule has 0 aromatic heterocycles. The van der Waals surface area contributed by atoms with E-state index in [1.54, 1.807) is 4.90 Å². The number of nitrogens with zero attached hydrogens (tertiary/aromatic N) is 1. The van der Waals surface area contributed by atoms with E-state index in [1.165, 1.54) is 0 Å². The third kappa shape index (κ3) is 1.44.